The van der Waals surface area contributed by atoms with Gasteiger partial charge in [0, 0.05) is 48.4 Å². The van der Waals surface area contributed by atoms with Crippen LogP contribution >= 0.6 is 11.8 Å². The van der Waals surface area contributed by atoms with Crippen LogP contribution in [0.4, 0.5) is 16.2 Å². The van der Waals surface area contributed by atoms with Gasteiger partial charge in [-0.15, -0.1) is 11.8 Å². The summed E-state index contributed by atoms with van der Waals surface area (Å²) >= 11 is 1.67. The van der Waals surface area contributed by atoms with Gasteiger partial charge in [0.1, 0.15) is 5.69 Å². The van der Waals surface area contributed by atoms with Gasteiger partial charge in [-0.25, -0.2) is 13.2 Å². The van der Waals surface area contributed by atoms with Crippen molar-refractivity contribution in [3.8, 4) is 0 Å². The molecule has 3 N–H and O–H groups in total. The Bertz CT molecular complexity index is 1430. The molecule has 0 radical (unpaired) electrons. The monoisotopic (exact) mass is 674 g/mol. The molecule has 4 rings (SSSR count). The van der Waals surface area contributed by atoms with E-state index in [-0.39, 0.29) is 46.9 Å². The van der Waals surface area contributed by atoms with Gasteiger partial charge in [-0.3, -0.25) is 15.0 Å². The highest BCUT2D eigenvalue weighted by molar-refractivity contribution is 7.99. The summed E-state index contributed by atoms with van der Waals surface area (Å²) in [6.45, 7) is 6.31. The normalized spacial score (nSPS) is 20.0. The second kappa shape index (κ2) is 15.8. The lowest BCUT2D eigenvalue weighted by molar-refractivity contribution is -0.384. The largest absolute Gasteiger partial charge is 0.376 e. The summed E-state index contributed by atoms with van der Waals surface area (Å²) in [6.07, 6.45) is 6.74. The van der Waals surface area contributed by atoms with Crippen LogP contribution in [-0.4, -0.2) is 97.6 Å². The number of unbranched alkanes of at least 4 members (excludes halogenated alkanes) is 1. The van der Waals surface area contributed by atoms with E-state index in [1.165, 1.54) is 17.0 Å². The van der Waals surface area contributed by atoms with Crippen LogP contribution in [0.2, 0.25) is 0 Å². The zero-order valence-electron chi connectivity index (χ0n) is 27.6. The van der Waals surface area contributed by atoms with Gasteiger partial charge in [0.15, 0.2) is 5.37 Å². The molecule has 11 nitrogen and oxygen atoms in total. The summed E-state index contributed by atoms with van der Waals surface area (Å²) in [6, 6.07) is 13.4. The van der Waals surface area contributed by atoms with Gasteiger partial charge in [0.25, 0.3) is 5.69 Å². The minimum absolute atomic E-state index is 0.0775. The number of nitrogens with one attached hydrogen (secondary N) is 1. The molecule has 2 aromatic rings. The third kappa shape index (κ3) is 9.58. The number of nitro groups is 1. The fourth-order valence-corrected chi connectivity index (χ4v) is 9.21. The summed E-state index contributed by atoms with van der Waals surface area (Å²) in [5, 5.41) is 14.5. The van der Waals surface area contributed by atoms with E-state index in [0.29, 0.717) is 12.3 Å². The van der Waals surface area contributed by atoms with Gasteiger partial charge in [0.05, 0.1) is 9.82 Å². The van der Waals surface area contributed by atoms with E-state index in [1.807, 2.05) is 44.4 Å². The molecule has 13 heteroatoms. The molecule has 1 aliphatic heterocycles. The molecule has 254 valence electrons. The number of anilines is 1. The van der Waals surface area contributed by atoms with Crippen LogP contribution in [0.5, 0.6) is 0 Å². The lowest BCUT2D eigenvalue weighted by atomic mass is 9.75. The first kappa shape index (κ1) is 36.0. The fourth-order valence-electron chi connectivity index (χ4n) is 6.44. The molecule has 2 aromatic carbocycles. The topological polar surface area (TPSA) is 142 Å². The van der Waals surface area contributed by atoms with E-state index in [4.69, 9.17) is 5.73 Å². The molecular formula is C33H50N6O5S2. The minimum atomic E-state index is -4.18. The van der Waals surface area contributed by atoms with Crippen LogP contribution in [0.15, 0.2) is 58.3 Å². The first-order valence-electron chi connectivity index (χ1n) is 16.2. The Balaban J connectivity index is 1.56. The Morgan fingerprint density at radius 2 is 1.83 bits per heavy atom. The number of sulfone groups is 1. The first-order valence-corrected chi connectivity index (χ1v) is 18.7. The number of thioether (sulfide) groups is 1. The maximum atomic E-state index is 14.1. The molecule has 0 spiro atoms. The van der Waals surface area contributed by atoms with Crippen molar-refractivity contribution < 1.29 is 18.1 Å². The Hall–Kier alpha value is -2.87. The number of benzene rings is 2. The molecular weight excluding hydrogens is 625 g/mol. The lowest BCUT2D eigenvalue weighted by Gasteiger charge is -2.46. The number of hydrogen-bond acceptors (Lipinski definition) is 9. The Morgan fingerprint density at radius 3 is 2.46 bits per heavy atom. The van der Waals surface area contributed by atoms with Gasteiger partial charge in [-0.05, 0) is 88.8 Å². The number of amides is 2. The lowest BCUT2D eigenvalue weighted by Crippen LogP contribution is -2.61. The summed E-state index contributed by atoms with van der Waals surface area (Å²) in [5.74, 6) is 0.688. The van der Waals surface area contributed by atoms with Crippen molar-refractivity contribution in [3.05, 3.63) is 58.6 Å². The number of urea groups is 1. The number of carbonyl (C=O) groups is 1. The molecule has 0 bridgehead atoms. The van der Waals surface area contributed by atoms with Crippen molar-refractivity contribution in [2.75, 3.05) is 51.3 Å². The third-order valence-corrected chi connectivity index (χ3v) is 12.5. The molecule has 2 fully saturated rings. The Labute approximate surface area is 278 Å². The highest BCUT2D eigenvalue weighted by atomic mass is 32.2. The van der Waals surface area contributed by atoms with E-state index < -0.39 is 26.2 Å². The van der Waals surface area contributed by atoms with Crippen molar-refractivity contribution >= 4 is 39.0 Å². The van der Waals surface area contributed by atoms with E-state index >= 15 is 0 Å². The van der Waals surface area contributed by atoms with Gasteiger partial charge in [-0.2, -0.15) is 0 Å². The van der Waals surface area contributed by atoms with Gasteiger partial charge in [0.2, 0.25) is 9.84 Å². The van der Waals surface area contributed by atoms with E-state index in [1.54, 1.807) is 11.8 Å². The number of rotatable bonds is 14. The smallest absolute Gasteiger partial charge is 0.315 e. The zero-order chi connectivity index (χ0) is 33.5. The second-order valence-electron chi connectivity index (χ2n) is 13.6. The molecule has 1 heterocycles. The average molecular weight is 675 g/mol. The molecule has 2 aliphatic rings. The molecule has 1 unspecified atom stereocenters. The predicted octanol–water partition coefficient (Wildman–Crippen LogP) is 5.66. The fraction of sp³-hybridized carbons (Fsp3) is 0.606. The number of piperazine rings is 1. The highest BCUT2D eigenvalue weighted by Crippen LogP contribution is 2.38. The van der Waals surface area contributed by atoms with Crippen molar-refractivity contribution in [1.29, 1.82) is 0 Å². The van der Waals surface area contributed by atoms with Crippen molar-refractivity contribution in [2.24, 2.45) is 11.1 Å². The molecule has 0 aromatic heterocycles. The summed E-state index contributed by atoms with van der Waals surface area (Å²) < 4.78 is 28.2. The summed E-state index contributed by atoms with van der Waals surface area (Å²) in [5.41, 5.74) is 5.89. The molecule has 1 saturated carbocycles. The van der Waals surface area contributed by atoms with Crippen LogP contribution in [0.1, 0.15) is 58.8 Å². The average Bonchev–Trinajstić information content (AvgIpc) is 3.01. The van der Waals surface area contributed by atoms with Crippen LogP contribution in [0.25, 0.3) is 0 Å². The SMILES string of the molecule is CN(C)CCCC[C@H](CSc1ccccc1)Nc1ccc(S(=O)(=O)C2CN(C3CCC(C)(C)CC3)CCN2C(N)=O)cc1[N+](=O)[O-]. The summed E-state index contributed by atoms with van der Waals surface area (Å²) in [7, 11) is -0.118. The van der Waals surface area contributed by atoms with E-state index in [0.717, 1.165) is 62.5 Å². The highest BCUT2D eigenvalue weighted by Gasteiger charge is 2.42. The van der Waals surface area contributed by atoms with Crippen molar-refractivity contribution in [1.82, 2.24) is 14.7 Å². The third-order valence-electron chi connectivity index (χ3n) is 9.29. The van der Waals surface area contributed by atoms with Gasteiger partial charge < -0.3 is 20.9 Å². The maximum absolute atomic E-state index is 14.1. The Kier molecular flexibility index (Phi) is 12.4. The standard InChI is InChI=1S/C33H50N6O5S2/c1-33(2)17-15-26(16-18-33)37-20-21-38(32(34)40)31(23-37)46(43,44)28-13-14-29(30(22-28)39(41)42)35-25(10-8-9-19-36(3)4)24-45-27-11-6-5-7-12-27/h5-7,11-14,22,25-26,31,35H,8-10,15-21,23-24H2,1-4H3,(H2,34,40)/t25-,31?/m1/s1. The second-order valence-corrected chi connectivity index (χ2v) is 16.8. The van der Waals surface area contributed by atoms with Gasteiger partial charge in [-0.1, -0.05) is 38.5 Å². The maximum Gasteiger partial charge on any atom is 0.315 e. The number of nitro benzene ring substituents is 1. The molecule has 2 atom stereocenters. The molecule has 46 heavy (non-hydrogen) atoms. The first-order chi connectivity index (χ1) is 21.8. The van der Waals surface area contributed by atoms with E-state index in [2.05, 4.69) is 29.0 Å². The number of carbonyl (C=O) groups excluding carboxylic acids is 1. The minimum Gasteiger partial charge on any atom is -0.376 e. The number of nitrogens with zero attached hydrogens (tertiary/aromatic N) is 4. The quantitative estimate of drug-likeness (QED) is 0.112. The molecule has 2 amide bonds. The summed E-state index contributed by atoms with van der Waals surface area (Å²) in [4.78, 5) is 30.6. The number of nitrogens with two attached hydrogens (primary N) is 1. The zero-order valence-corrected chi connectivity index (χ0v) is 29.2. The predicted molar refractivity (Wildman–Crippen MR) is 185 cm³/mol. The van der Waals surface area contributed by atoms with E-state index in [9.17, 15) is 23.3 Å². The van der Waals surface area contributed by atoms with Crippen LogP contribution < -0.4 is 11.1 Å². The van der Waals surface area contributed by atoms with Gasteiger partial charge >= 0.3 is 6.03 Å². The number of primary amides is 1. The van der Waals surface area contributed by atoms with Crippen LogP contribution in [0, 0.1) is 15.5 Å². The number of hydrogen-bond donors (Lipinski definition) is 2. The molecule has 1 aliphatic carbocycles. The van der Waals surface area contributed by atoms with Crippen LogP contribution in [-0.2, 0) is 9.84 Å². The van der Waals surface area contributed by atoms with Crippen LogP contribution in [0.3, 0.4) is 0 Å². The molecule has 1 saturated heterocycles. The van der Waals surface area contributed by atoms with Crippen molar-refractivity contribution in [2.45, 2.75) is 86.0 Å². The van der Waals surface area contributed by atoms with Crippen molar-refractivity contribution in [3.63, 3.8) is 0 Å². The Morgan fingerprint density at radius 1 is 1.13 bits per heavy atom.